The van der Waals surface area contributed by atoms with Gasteiger partial charge in [-0.1, -0.05) is 29.8 Å². The SMILES string of the molecule is Cc1cccc(CS(=O)(=O)Nc2ccc(N3CCN(C4CC4)CC3)cc2)c1. The van der Waals surface area contributed by atoms with Crippen molar-refractivity contribution >= 4 is 21.4 Å². The summed E-state index contributed by atoms with van der Waals surface area (Å²) in [6, 6.07) is 16.2. The third kappa shape index (κ3) is 4.82. The summed E-state index contributed by atoms with van der Waals surface area (Å²) in [6.45, 7) is 6.28. The number of hydrogen-bond acceptors (Lipinski definition) is 4. The Bertz CT molecular complexity index is 884. The van der Waals surface area contributed by atoms with Gasteiger partial charge in [0.1, 0.15) is 0 Å². The van der Waals surface area contributed by atoms with Crippen LogP contribution >= 0.6 is 0 Å². The van der Waals surface area contributed by atoms with Crippen LogP contribution in [0.3, 0.4) is 0 Å². The molecule has 0 unspecified atom stereocenters. The molecule has 0 amide bonds. The van der Waals surface area contributed by atoms with E-state index in [4.69, 9.17) is 0 Å². The van der Waals surface area contributed by atoms with Crippen LogP contribution in [0.15, 0.2) is 48.5 Å². The standard InChI is InChI=1S/C21H27N3O2S/c1-17-3-2-4-18(15-17)16-27(25,26)22-19-5-7-20(8-6-19)23-11-13-24(14-12-23)21-9-10-21/h2-8,15,21-22H,9-14,16H2,1H3. The van der Waals surface area contributed by atoms with Gasteiger partial charge >= 0.3 is 0 Å². The fraction of sp³-hybridized carbons (Fsp3) is 0.429. The maximum Gasteiger partial charge on any atom is 0.236 e. The average Bonchev–Trinajstić information content (AvgIpc) is 3.47. The number of nitrogens with zero attached hydrogens (tertiary/aromatic N) is 2. The average molecular weight is 386 g/mol. The van der Waals surface area contributed by atoms with Crippen LogP contribution in [-0.2, 0) is 15.8 Å². The Balaban J connectivity index is 1.35. The largest absolute Gasteiger partial charge is 0.369 e. The highest BCUT2D eigenvalue weighted by atomic mass is 32.2. The van der Waals surface area contributed by atoms with Gasteiger partial charge < -0.3 is 4.90 Å². The fourth-order valence-electron chi connectivity index (χ4n) is 3.76. The maximum atomic E-state index is 12.4. The first-order valence-corrected chi connectivity index (χ1v) is 11.3. The molecule has 0 spiro atoms. The van der Waals surface area contributed by atoms with Crippen LogP contribution in [0.5, 0.6) is 0 Å². The van der Waals surface area contributed by atoms with Crippen molar-refractivity contribution in [2.24, 2.45) is 0 Å². The topological polar surface area (TPSA) is 52.7 Å². The molecule has 1 saturated heterocycles. The van der Waals surface area contributed by atoms with E-state index < -0.39 is 10.0 Å². The molecule has 2 aromatic carbocycles. The highest BCUT2D eigenvalue weighted by Gasteiger charge is 2.31. The highest BCUT2D eigenvalue weighted by molar-refractivity contribution is 7.91. The maximum absolute atomic E-state index is 12.4. The number of nitrogens with one attached hydrogen (secondary N) is 1. The molecule has 4 rings (SSSR count). The molecular formula is C21H27N3O2S. The number of aryl methyl sites for hydroxylation is 1. The number of benzene rings is 2. The summed E-state index contributed by atoms with van der Waals surface area (Å²) in [5.41, 5.74) is 3.64. The lowest BCUT2D eigenvalue weighted by Gasteiger charge is -2.36. The molecule has 0 aromatic heterocycles. The molecule has 1 N–H and O–H groups in total. The van der Waals surface area contributed by atoms with E-state index in [-0.39, 0.29) is 5.75 Å². The molecule has 2 aromatic rings. The minimum absolute atomic E-state index is 0.0143. The Hall–Kier alpha value is -2.05. The van der Waals surface area contributed by atoms with Crippen molar-refractivity contribution in [3.63, 3.8) is 0 Å². The molecule has 0 atom stereocenters. The summed E-state index contributed by atoms with van der Waals surface area (Å²) in [6.07, 6.45) is 2.72. The molecular weight excluding hydrogens is 358 g/mol. The second-order valence-electron chi connectivity index (χ2n) is 7.65. The smallest absolute Gasteiger partial charge is 0.236 e. The van der Waals surface area contributed by atoms with Crippen molar-refractivity contribution in [2.75, 3.05) is 35.8 Å². The van der Waals surface area contributed by atoms with Gasteiger partial charge in [-0.15, -0.1) is 0 Å². The van der Waals surface area contributed by atoms with Crippen molar-refractivity contribution < 1.29 is 8.42 Å². The Morgan fingerprint density at radius 2 is 1.70 bits per heavy atom. The summed E-state index contributed by atoms with van der Waals surface area (Å²) in [5, 5.41) is 0. The zero-order chi connectivity index (χ0) is 18.9. The van der Waals surface area contributed by atoms with Gasteiger partial charge in [-0.25, -0.2) is 8.42 Å². The number of rotatable bonds is 6. The normalized spacial score (nSPS) is 18.5. The van der Waals surface area contributed by atoms with Gasteiger partial charge in [-0.3, -0.25) is 9.62 Å². The summed E-state index contributed by atoms with van der Waals surface area (Å²) >= 11 is 0. The molecule has 6 heteroatoms. The molecule has 1 aliphatic heterocycles. The number of sulfonamides is 1. The molecule has 0 bridgehead atoms. The first kappa shape index (κ1) is 18.3. The van der Waals surface area contributed by atoms with Crippen LogP contribution < -0.4 is 9.62 Å². The van der Waals surface area contributed by atoms with Gasteiger partial charge in [-0.05, 0) is 49.6 Å². The van der Waals surface area contributed by atoms with Crippen molar-refractivity contribution in [2.45, 2.75) is 31.6 Å². The van der Waals surface area contributed by atoms with Crippen molar-refractivity contribution in [3.05, 3.63) is 59.7 Å². The van der Waals surface area contributed by atoms with E-state index in [1.807, 2.05) is 55.5 Å². The highest BCUT2D eigenvalue weighted by Crippen LogP contribution is 2.29. The summed E-state index contributed by atoms with van der Waals surface area (Å²) in [4.78, 5) is 4.97. The van der Waals surface area contributed by atoms with Crippen LogP contribution in [0.25, 0.3) is 0 Å². The molecule has 144 valence electrons. The zero-order valence-corrected chi connectivity index (χ0v) is 16.6. The van der Waals surface area contributed by atoms with Gasteiger partial charge in [0.25, 0.3) is 0 Å². The summed E-state index contributed by atoms with van der Waals surface area (Å²) < 4.78 is 27.6. The zero-order valence-electron chi connectivity index (χ0n) is 15.8. The monoisotopic (exact) mass is 385 g/mol. The molecule has 2 fully saturated rings. The minimum Gasteiger partial charge on any atom is -0.369 e. The van der Waals surface area contributed by atoms with Crippen LogP contribution in [0, 0.1) is 6.92 Å². The van der Waals surface area contributed by atoms with E-state index in [0.717, 1.165) is 49.0 Å². The minimum atomic E-state index is -3.42. The lowest BCUT2D eigenvalue weighted by Crippen LogP contribution is -2.47. The van der Waals surface area contributed by atoms with E-state index in [1.165, 1.54) is 12.8 Å². The van der Waals surface area contributed by atoms with Crippen molar-refractivity contribution in [3.8, 4) is 0 Å². The molecule has 1 saturated carbocycles. The third-order valence-corrected chi connectivity index (χ3v) is 6.58. The Morgan fingerprint density at radius 1 is 1.00 bits per heavy atom. The summed E-state index contributed by atoms with van der Waals surface area (Å²) in [5.74, 6) is -0.0143. The van der Waals surface area contributed by atoms with Crippen LogP contribution in [0.2, 0.25) is 0 Å². The van der Waals surface area contributed by atoms with E-state index in [9.17, 15) is 8.42 Å². The molecule has 1 heterocycles. The first-order valence-electron chi connectivity index (χ1n) is 9.64. The van der Waals surface area contributed by atoms with E-state index in [2.05, 4.69) is 14.5 Å². The molecule has 0 radical (unpaired) electrons. The summed E-state index contributed by atoms with van der Waals surface area (Å²) in [7, 11) is -3.42. The second-order valence-corrected chi connectivity index (χ2v) is 9.37. The van der Waals surface area contributed by atoms with Crippen LogP contribution in [0.4, 0.5) is 11.4 Å². The Kier molecular flexibility index (Phi) is 5.10. The van der Waals surface area contributed by atoms with Gasteiger partial charge in [0.2, 0.25) is 10.0 Å². The number of anilines is 2. The lowest BCUT2D eigenvalue weighted by atomic mass is 10.2. The number of piperazine rings is 1. The van der Waals surface area contributed by atoms with Gasteiger partial charge in [-0.2, -0.15) is 0 Å². The quantitative estimate of drug-likeness (QED) is 0.830. The number of hydrogen-bond donors (Lipinski definition) is 1. The van der Waals surface area contributed by atoms with Gasteiger partial charge in [0.05, 0.1) is 5.75 Å². The predicted molar refractivity (Wildman–Crippen MR) is 111 cm³/mol. The second kappa shape index (κ2) is 7.52. The molecule has 27 heavy (non-hydrogen) atoms. The van der Waals surface area contributed by atoms with Crippen molar-refractivity contribution in [1.29, 1.82) is 0 Å². The van der Waals surface area contributed by atoms with E-state index >= 15 is 0 Å². The van der Waals surface area contributed by atoms with Gasteiger partial charge in [0.15, 0.2) is 0 Å². The molecule has 1 aliphatic carbocycles. The molecule has 2 aliphatic rings. The lowest BCUT2D eigenvalue weighted by molar-refractivity contribution is 0.248. The van der Waals surface area contributed by atoms with E-state index in [0.29, 0.717) is 5.69 Å². The Labute approximate surface area is 162 Å². The van der Waals surface area contributed by atoms with Crippen molar-refractivity contribution in [1.82, 2.24) is 4.90 Å². The Morgan fingerprint density at radius 3 is 2.33 bits per heavy atom. The molecule has 5 nitrogen and oxygen atoms in total. The van der Waals surface area contributed by atoms with Crippen LogP contribution in [0.1, 0.15) is 24.0 Å². The van der Waals surface area contributed by atoms with Gasteiger partial charge in [0, 0.05) is 43.6 Å². The third-order valence-electron chi connectivity index (χ3n) is 5.32. The predicted octanol–water partition coefficient (Wildman–Crippen LogP) is 3.22. The van der Waals surface area contributed by atoms with E-state index in [1.54, 1.807) is 0 Å². The van der Waals surface area contributed by atoms with Crippen LogP contribution in [-0.4, -0.2) is 45.5 Å². The first-order chi connectivity index (χ1) is 13.0. The fourth-order valence-corrected chi connectivity index (χ4v) is 4.95.